The molecule has 0 N–H and O–H groups in total. The molecular formula is C12H17NO. The van der Waals surface area contributed by atoms with Crippen LogP contribution in [0.25, 0.3) is 0 Å². The molecule has 2 heteroatoms. The Balaban J connectivity index is 2.22. The number of hydrogen-bond acceptors (Lipinski definition) is 2. The summed E-state index contributed by atoms with van der Waals surface area (Å²) in [4.78, 5) is 2.41. The van der Waals surface area contributed by atoms with E-state index in [0.29, 0.717) is 0 Å². The van der Waals surface area contributed by atoms with Gasteiger partial charge >= 0.3 is 0 Å². The second-order valence-electron chi connectivity index (χ2n) is 4.01. The van der Waals surface area contributed by atoms with Gasteiger partial charge in [-0.05, 0) is 24.5 Å². The molecule has 1 saturated heterocycles. The maximum absolute atomic E-state index is 5.35. The predicted molar refractivity (Wildman–Crippen MR) is 59.0 cm³/mol. The lowest BCUT2D eigenvalue weighted by Crippen LogP contribution is -2.19. The van der Waals surface area contributed by atoms with Gasteiger partial charge in [0, 0.05) is 13.1 Å². The Hall–Kier alpha value is -1.18. The van der Waals surface area contributed by atoms with Gasteiger partial charge in [0.15, 0.2) is 0 Å². The van der Waals surface area contributed by atoms with Gasteiger partial charge in [-0.3, -0.25) is 0 Å². The van der Waals surface area contributed by atoms with E-state index in [9.17, 15) is 0 Å². The van der Waals surface area contributed by atoms with Crippen LogP contribution < -0.4 is 9.64 Å². The van der Waals surface area contributed by atoms with Crippen molar-refractivity contribution in [1.82, 2.24) is 0 Å². The fourth-order valence-electron chi connectivity index (χ4n) is 2.04. The van der Waals surface area contributed by atoms with Crippen LogP contribution in [0.2, 0.25) is 0 Å². The third-order valence-corrected chi connectivity index (χ3v) is 2.85. The monoisotopic (exact) mass is 191 g/mol. The van der Waals surface area contributed by atoms with Gasteiger partial charge in [-0.15, -0.1) is 0 Å². The zero-order valence-corrected chi connectivity index (χ0v) is 8.86. The molecule has 76 valence electrons. The summed E-state index contributed by atoms with van der Waals surface area (Å²) in [5.74, 6) is 1.79. The number of methoxy groups -OCH3 is 1. The minimum absolute atomic E-state index is 0.805. The highest BCUT2D eigenvalue weighted by molar-refractivity contribution is 5.58. The summed E-state index contributed by atoms with van der Waals surface area (Å²) in [7, 11) is 1.73. The van der Waals surface area contributed by atoms with Gasteiger partial charge < -0.3 is 9.64 Å². The molecule has 0 aromatic heterocycles. The number of ether oxygens (including phenoxy) is 1. The lowest BCUT2D eigenvalue weighted by molar-refractivity contribution is 0.415. The summed E-state index contributed by atoms with van der Waals surface area (Å²) in [5.41, 5.74) is 1.24. The molecule has 0 aliphatic carbocycles. The molecule has 14 heavy (non-hydrogen) atoms. The van der Waals surface area contributed by atoms with E-state index >= 15 is 0 Å². The van der Waals surface area contributed by atoms with Crippen LogP contribution in [0.3, 0.4) is 0 Å². The van der Waals surface area contributed by atoms with Gasteiger partial charge in [0.2, 0.25) is 0 Å². The predicted octanol–water partition coefficient (Wildman–Crippen LogP) is 2.54. The Bertz CT molecular complexity index is 311. The normalized spacial score (nSPS) is 21.3. The van der Waals surface area contributed by atoms with E-state index in [0.717, 1.165) is 24.8 Å². The third kappa shape index (κ3) is 1.69. The fraction of sp³-hybridized carbons (Fsp3) is 0.500. The van der Waals surface area contributed by atoms with Crippen molar-refractivity contribution in [2.75, 3.05) is 25.1 Å². The first kappa shape index (κ1) is 9.38. The molecular weight excluding hydrogens is 174 g/mol. The SMILES string of the molecule is COc1ccccc1N1CCC(C)C1. The van der Waals surface area contributed by atoms with E-state index in [-0.39, 0.29) is 0 Å². The number of hydrogen-bond donors (Lipinski definition) is 0. The molecule has 0 radical (unpaired) electrons. The van der Waals surface area contributed by atoms with Crippen molar-refractivity contribution in [1.29, 1.82) is 0 Å². The van der Waals surface area contributed by atoms with Crippen molar-refractivity contribution in [3.05, 3.63) is 24.3 Å². The molecule has 0 amide bonds. The minimum atomic E-state index is 0.805. The molecule has 0 spiro atoms. The van der Waals surface area contributed by atoms with Crippen LogP contribution in [0.15, 0.2) is 24.3 Å². The summed E-state index contributed by atoms with van der Waals surface area (Å²) in [6.07, 6.45) is 1.29. The van der Waals surface area contributed by atoms with E-state index in [1.54, 1.807) is 7.11 Å². The summed E-state index contributed by atoms with van der Waals surface area (Å²) in [5, 5.41) is 0. The van der Waals surface area contributed by atoms with Crippen molar-refractivity contribution in [3.8, 4) is 5.75 Å². The van der Waals surface area contributed by atoms with Crippen LogP contribution in [0.5, 0.6) is 5.75 Å². The van der Waals surface area contributed by atoms with Crippen molar-refractivity contribution >= 4 is 5.69 Å². The van der Waals surface area contributed by atoms with Crippen LogP contribution in [-0.2, 0) is 0 Å². The van der Waals surface area contributed by atoms with Crippen LogP contribution >= 0.6 is 0 Å². The number of anilines is 1. The highest BCUT2D eigenvalue weighted by Crippen LogP contribution is 2.31. The molecule has 1 heterocycles. The smallest absolute Gasteiger partial charge is 0.142 e. The summed E-state index contributed by atoms with van der Waals surface area (Å²) in [6, 6.07) is 8.25. The van der Waals surface area contributed by atoms with Crippen LogP contribution in [0.4, 0.5) is 5.69 Å². The molecule has 0 saturated carbocycles. The molecule has 2 nitrogen and oxygen atoms in total. The third-order valence-electron chi connectivity index (χ3n) is 2.85. The molecule has 2 rings (SSSR count). The lowest BCUT2D eigenvalue weighted by atomic mass is 10.2. The average Bonchev–Trinajstić information content (AvgIpc) is 2.65. The summed E-state index contributed by atoms with van der Waals surface area (Å²) < 4.78 is 5.35. The van der Waals surface area contributed by atoms with Crippen LogP contribution in [0.1, 0.15) is 13.3 Å². The Morgan fingerprint density at radius 2 is 2.14 bits per heavy atom. The van der Waals surface area contributed by atoms with E-state index in [4.69, 9.17) is 4.74 Å². The lowest BCUT2D eigenvalue weighted by Gasteiger charge is -2.20. The Morgan fingerprint density at radius 1 is 1.36 bits per heavy atom. The van der Waals surface area contributed by atoms with Gasteiger partial charge in [0.05, 0.1) is 12.8 Å². The van der Waals surface area contributed by atoms with Crippen molar-refractivity contribution in [2.24, 2.45) is 5.92 Å². The van der Waals surface area contributed by atoms with Crippen LogP contribution in [0, 0.1) is 5.92 Å². The average molecular weight is 191 g/mol. The Labute approximate surface area is 85.5 Å². The fourth-order valence-corrected chi connectivity index (χ4v) is 2.04. The maximum Gasteiger partial charge on any atom is 0.142 e. The van der Waals surface area contributed by atoms with Gasteiger partial charge in [0.1, 0.15) is 5.75 Å². The second-order valence-corrected chi connectivity index (χ2v) is 4.01. The van der Waals surface area contributed by atoms with Gasteiger partial charge in [0.25, 0.3) is 0 Å². The first-order chi connectivity index (χ1) is 6.81. The van der Waals surface area contributed by atoms with E-state index in [1.807, 2.05) is 12.1 Å². The zero-order chi connectivity index (χ0) is 9.97. The molecule has 0 bridgehead atoms. The highest BCUT2D eigenvalue weighted by atomic mass is 16.5. The van der Waals surface area contributed by atoms with Gasteiger partial charge in [-0.25, -0.2) is 0 Å². The molecule has 1 aromatic carbocycles. The molecule has 1 atom stereocenters. The van der Waals surface area contributed by atoms with E-state index < -0.39 is 0 Å². The molecule has 1 fully saturated rings. The maximum atomic E-state index is 5.35. The van der Waals surface area contributed by atoms with Crippen molar-refractivity contribution in [3.63, 3.8) is 0 Å². The van der Waals surface area contributed by atoms with Crippen molar-refractivity contribution < 1.29 is 4.74 Å². The zero-order valence-electron chi connectivity index (χ0n) is 8.86. The first-order valence-corrected chi connectivity index (χ1v) is 5.19. The Kier molecular flexibility index (Phi) is 2.62. The number of para-hydroxylation sites is 2. The molecule has 1 aliphatic rings. The molecule has 1 aliphatic heterocycles. The molecule has 1 unspecified atom stereocenters. The first-order valence-electron chi connectivity index (χ1n) is 5.19. The second kappa shape index (κ2) is 3.91. The Morgan fingerprint density at radius 3 is 2.79 bits per heavy atom. The summed E-state index contributed by atoms with van der Waals surface area (Å²) in [6.45, 7) is 4.61. The largest absolute Gasteiger partial charge is 0.495 e. The molecule has 1 aromatic rings. The van der Waals surface area contributed by atoms with Crippen molar-refractivity contribution in [2.45, 2.75) is 13.3 Å². The number of nitrogens with zero attached hydrogens (tertiary/aromatic N) is 1. The number of rotatable bonds is 2. The van der Waals surface area contributed by atoms with Crippen LogP contribution in [-0.4, -0.2) is 20.2 Å². The van der Waals surface area contributed by atoms with Gasteiger partial charge in [-0.1, -0.05) is 19.1 Å². The number of benzene rings is 1. The standard InChI is InChI=1S/C12H17NO/c1-10-7-8-13(9-10)11-5-3-4-6-12(11)14-2/h3-6,10H,7-9H2,1-2H3. The summed E-state index contributed by atoms with van der Waals surface area (Å²) >= 11 is 0. The van der Waals surface area contributed by atoms with E-state index in [2.05, 4.69) is 24.0 Å². The topological polar surface area (TPSA) is 12.5 Å². The van der Waals surface area contributed by atoms with Gasteiger partial charge in [-0.2, -0.15) is 0 Å². The van der Waals surface area contributed by atoms with E-state index in [1.165, 1.54) is 12.1 Å². The highest BCUT2D eigenvalue weighted by Gasteiger charge is 2.20. The minimum Gasteiger partial charge on any atom is -0.495 e. The quantitative estimate of drug-likeness (QED) is 0.712.